The minimum absolute atomic E-state index is 0.0287. The lowest BCUT2D eigenvalue weighted by atomic mass is 9.79. The van der Waals surface area contributed by atoms with Crippen LogP contribution in [0.25, 0.3) is 0 Å². The van der Waals surface area contributed by atoms with Crippen molar-refractivity contribution in [1.29, 1.82) is 0 Å². The Morgan fingerprint density at radius 3 is 2.58 bits per heavy atom. The number of hydrogen-bond acceptors (Lipinski definition) is 4. The van der Waals surface area contributed by atoms with Gasteiger partial charge in [-0.2, -0.15) is 13.2 Å². The average molecular weight is 445 g/mol. The fraction of sp³-hybridized carbons (Fsp3) is 0.619. The number of hydrogen-bond donors (Lipinski definition) is 3. The first-order chi connectivity index (χ1) is 14.3. The number of alkyl carbamates (subject to hydrolysis) is 1. The van der Waals surface area contributed by atoms with Crippen molar-refractivity contribution in [2.24, 2.45) is 11.3 Å². The summed E-state index contributed by atoms with van der Waals surface area (Å²) in [5.74, 6) is -1.38. The highest BCUT2D eigenvalue weighted by molar-refractivity contribution is 5.84. The molecule has 2 fully saturated rings. The Bertz CT molecular complexity index is 853. The van der Waals surface area contributed by atoms with Gasteiger partial charge in [-0.1, -0.05) is 0 Å². The Balaban J connectivity index is 1.65. The summed E-state index contributed by atoms with van der Waals surface area (Å²) >= 11 is 0. The third-order valence-electron chi connectivity index (χ3n) is 5.70. The van der Waals surface area contributed by atoms with Gasteiger partial charge in [0.2, 0.25) is 5.91 Å². The van der Waals surface area contributed by atoms with Crippen LogP contribution in [0.15, 0.2) is 18.2 Å². The van der Waals surface area contributed by atoms with Gasteiger partial charge in [0.05, 0.1) is 11.0 Å². The first-order valence-electron chi connectivity index (χ1n) is 10.1. The van der Waals surface area contributed by atoms with Crippen LogP contribution in [0.1, 0.15) is 44.7 Å². The van der Waals surface area contributed by atoms with E-state index in [0.717, 1.165) is 12.1 Å². The van der Waals surface area contributed by atoms with Crippen molar-refractivity contribution in [1.82, 2.24) is 16.0 Å². The summed E-state index contributed by atoms with van der Waals surface area (Å²) in [7, 11) is 0. The molecule has 0 aromatic heterocycles. The second-order valence-corrected chi connectivity index (χ2v) is 9.30. The molecule has 1 aliphatic carbocycles. The molecule has 0 radical (unpaired) electrons. The monoisotopic (exact) mass is 445 g/mol. The van der Waals surface area contributed by atoms with Crippen LogP contribution in [0, 0.1) is 17.2 Å². The molecule has 10 heteroatoms. The minimum atomic E-state index is -4.67. The first kappa shape index (κ1) is 23.3. The van der Waals surface area contributed by atoms with E-state index in [0.29, 0.717) is 32.0 Å². The van der Waals surface area contributed by atoms with Crippen molar-refractivity contribution in [3.63, 3.8) is 0 Å². The largest absolute Gasteiger partial charge is 0.444 e. The molecule has 6 nitrogen and oxygen atoms in total. The highest BCUT2D eigenvalue weighted by Crippen LogP contribution is 2.46. The Hall–Kier alpha value is -2.36. The van der Waals surface area contributed by atoms with E-state index in [2.05, 4.69) is 16.0 Å². The Morgan fingerprint density at radius 1 is 1.23 bits per heavy atom. The van der Waals surface area contributed by atoms with Gasteiger partial charge in [-0.15, -0.1) is 0 Å². The number of fused-ring (bicyclic) bond motifs is 1. The Morgan fingerprint density at radius 2 is 1.94 bits per heavy atom. The van der Waals surface area contributed by atoms with Gasteiger partial charge in [-0.25, -0.2) is 9.18 Å². The van der Waals surface area contributed by atoms with Crippen molar-refractivity contribution in [2.75, 3.05) is 13.1 Å². The molecule has 172 valence electrons. The van der Waals surface area contributed by atoms with Gasteiger partial charge < -0.3 is 20.7 Å². The zero-order chi connectivity index (χ0) is 23.0. The number of benzene rings is 1. The van der Waals surface area contributed by atoms with Gasteiger partial charge >= 0.3 is 12.3 Å². The number of carbonyl (C=O) groups excluding carboxylic acids is 2. The number of amides is 2. The molecule has 1 aromatic carbocycles. The van der Waals surface area contributed by atoms with Crippen LogP contribution in [-0.4, -0.2) is 36.7 Å². The van der Waals surface area contributed by atoms with E-state index >= 15 is 0 Å². The van der Waals surface area contributed by atoms with E-state index in [9.17, 15) is 27.2 Å². The van der Waals surface area contributed by atoms with Gasteiger partial charge in [0.25, 0.3) is 0 Å². The van der Waals surface area contributed by atoms with Crippen LogP contribution in [0.5, 0.6) is 0 Å². The van der Waals surface area contributed by atoms with Gasteiger partial charge in [0.1, 0.15) is 11.4 Å². The summed E-state index contributed by atoms with van der Waals surface area (Å²) < 4.78 is 57.6. The number of rotatable bonds is 4. The van der Waals surface area contributed by atoms with Crippen molar-refractivity contribution in [3.05, 3.63) is 35.1 Å². The molecule has 0 bridgehead atoms. The maximum atomic E-state index is 13.6. The molecule has 3 rings (SSSR count). The third kappa shape index (κ3) is 5.47. The van der Waals surface area contributed by atoms with E-state index in [1.165, 1.54) is 0 Å². The second-order valence-electron chi connectivity index (χ2n) is 9.30. The van der Waals surface area contributed by atoms with Gasteiger partial charge in [0, 0.05) is 19.1 Å². The van der Waals surface area contributed by atoms with Crippen LogP contribution in [0.2, 0.25) is 0 Å². The van der Waals surface area contributed by atoms with Crippen molar-refractivity contribution < 1.29 is 31.9 Å². The smallest absolute Gasteiger partial charge is 0.416 e. The van der Waals surface area contributed by atoms with Crippen LogP contribution >= 0.6 is 0 Å². The summed E-state index contributed by atoms with van der Waals surface area (Å²) in [5.41, 5.74) is -2.51. The van der Waals surface area contributed by atoms with E-state index < -0.39 is 34.7 Å². The lowest BCUT2D eigenvalue weighted by Crippen LogP contribution is -2.45. The maximum Gasteiger partial charge on any atom is 0.416 e. The lowest BCUT2D eigenvalue weighted by Gasteiger charge is -2.27. The van der Waals surface area contributed by atoms with Crippen LogP contribution in [-0.2, 0) is 22.3 Å². The molecule has 1 saturated heterocycles. The number of nitrogens with one attached hydrogen (secondary N) is 3. The predicted molar refractivity (Wildman–Crippen MR) is 104 cm³/mol. The summed E-state index contributed by atoms with van der Waals surface area (Å²) in [5, 5.41) is 8.65. The van der Waals surface area contributed by atoms with E-state index in [4.69, 9.17) is 4.74 Å². The molecule has 2 aliphatic rings. The van der Waals surface area contributed by atoms with Gasteiger partial charge in [-0.3, -0.25) is 4.79 Å². The van der Waals surface area contributed by atoms with E-state index in [1.807, 2.05) is 0 Å². The highest BCUT2D eigenvalue weighted by atomic mass is 19.4. The maximum absolute atomic E-state index is 13.6. The summed E-state index contributed by atoms with van der Waals surface area (Å²) in [6.45, 7) is 6.03. The standard InChI is InChI=1S/C21H27F4N3O3/c1-19(2,3)31-18(30)28-16-7-14-10-26-11-20(14,8-16)17(29)27-9-12-4-13(21(23,24)25)6-15(22)5-12/h4-6,14,16,26H,7-11H2,1-3H3,(H,27,29)(H,28,30)/t14-,16+,20-/m1/s1. The SMILES string of the molecule is CC(C)(C)OC(=O)N[C@H]1C[C@@H]2CNC[C@]2(C(=O)NCc2cc(F)cc(C(F)(F)F)c2)C1. The van der Waals surface area contributed by atoms with Gasteiger partial charge in [0.15, 0.2) is 0 Å². The Kier molecular flexibility index (Phi) is 6.23. The van der Waals surface area contributed by atoms with E-state index in [1.54, 1.807) is 20.8 Å². The van der Waals surface area contributed by atoms with Gasteiger partial charge in [-0.05, 0) is 69.8 Å². The Labute approximate surface area is 178 Å². The molecule has 3 atom stereocenters. The minimum Gasteiger partial charge on any atom is -0.444 e. The molecule has 31 heavy (non-hydrogen) atoms. The van der Waals surface area contributed by atoms with Crippen molar-refractivity contribution in [2.45, 2.75) is 58.0 Å². The molecule has 2 amide bonds. The molecule has 1 saturated carbocycles. The number of halogens is 4. The first-order valence-corrected chi connectivity index (χ1v) is 10.1. The van der Waals surface area contributed by atoms with Crippen molar-refractivity contribution >= 4 is 12.0 Å². The molecular weight excluding hydrogens is 418 g/mol. The quantitative estimate of drug-likeness (QED) is 0.621. The number of ether oxygens (including phenoxy) is 1. The molecule has 1 aliphatic heterocycles. The lowest BCUT2D eigenvalue weighted by molar-refractivity contribution is -0.137. The zero-order valence-electron chi connectivity index (χ0n) is 17.7. The van der Waals surface area contributed by atoms with Crippen LogP contribution in [0.3, 0.4) is 0 Å². The van der Waals surface area contributed by atoms with Crippen molar-refractivity contribution in [3.8, 4) is 0 Å². The predicted octanol–water partition coefficient (Wildman–Crippen LogP) is 3.35. The average Bonchev–Trinajstić information content (AvgIpc) is 3.14. The zero-order valence-corrected chi connectivity index (χ0v) is 17.7. The summed E-state index contributed by atoms with van der Waals surface area (Å²) in [6, 6.07) is 1.97. The molecule has 1 heterocycles. The molecule has 0 unspecified atom stereocenters. The molecule has 3 N–H and O–H groups in total. The normalized spacial score (nSPS) is 25.8. The fourth-order valence-corrected chi connectivity index (χ4v) is 4.44. The van der Waals surface area contributed by atoms with Crippen LogP contribution in [0.4, 0.5) is 22.4 Å². The van der Waals surface area contributed by atoms with E-state index in [-0.39, 0.29) is 30.0 Å². The molecule has 0 spiro atoms. The topological polar surface area (TPSA) is 79.5 Å². The third-order valence-corrected chi connectivity index (χ3v) is 5.70. The second kappa shape index (κ2) is 8.29. The molecular formula is C21H27F4N3O3. The summed E-state index contributed by atoms with van der Waals surface area (Å²) in [4.78, 5) is 25.1. The van der Waals surface area contributed by atoms with Crippen LogP contribution < -0.4 is 16.0 Å². The number of alkyl halides is 3. The fourth-order valence-electron chi connectivity index (χ4n) is 4.44. The number of carbonyl (C=O) groups is 2. The highest BCUT2D eigenvalue weighted by Gasteiger charge is 2.55. The molecule has 1 aromatic rings. The summed E-state index contributed by atoms with van der Waals surface area (Å²) in [6.07, 6.45) is -4.27.